The topological polar surface area (TPSA) is 167 Å². The average molecular weight is 606 g/mol. The second-order valence-corrected chi connectivity index (χ2v) is 11.4. The summed E-state index contributed by atoms with van der Waals surface area (Å²) in [4.78, 5) is 41.0. The van der Waals surface area contributed by atoms with Crippen molar-refractivity contribution in [3.05, 3.63) is 74.2 Å². The van der Waals surface area contributed by atoms with Crippen LogP contribution in [-0.2, 0) is 28.7 Å². The van der Waals surface area contributed by atoms with Crippen LogP contribution in [0.4, 0.5) is 13.2 Å². The number of phenolic OH excluding ortho intramolecular Hbond substituents is 1. The average Bonchev–Trinajstić information content (AvgIpc) is 2.87. The third-order valence-electron chi connectivity index (χ3n) is 8.45. The molecule has 42 heavy (non-hydrogen) atoms. The lowest BCUT2D eigenvalue weighted by atomic mass is 9.60. The van der Waals surface area contributed by atoms with Crippen molar-refractivity contribution in [2.75, 3.05) is 14.1 Å². The summed E-state index contributed by atoms with van der Waals surface area (Å²) in [6, 6.07) is 3.83. The van der Waals surface area contributed by atoms with Gasteiger partial charge in [-0.15, -0.1) is 0 Å². The van der Waals surface area contributed by atoms with Gasteiger partial charge >= 0.3 is 6.18 Å². The molecule has 0 saturated heterocycles. The number of phenols is 1. The van der Waals surface area contributed by atoms with Crippen LogP contribution in [0.25, 0.3) is 11.1 Å². The van der Waals surface area contributed by atoms with Crippen LogP contribution in [0, 0.1) is 17.8 Å². The fraction of sp³-hybridized carbons (Fsp3) is 0.345. The number of aliphatic hydroxyl groups is 2. The number of ketones is 2. The summed E-state index contributed by atoms with van der Waals surface area (Å²) in [7, 11) is 3.21. The molecular formula is C29H27ClF3N3O6. The monoisotopic (exact) mass is 605 g/mol. The number of fused-ring (bicyclic) bond motifs is 3. The minimum Gasteiger partial charge on any atom is -0.511 e. The lowest BCUT2D eigenvalue weighted by molar-refractivity contribution is -0.137. The van der Waals surface area contributed by atoms with Crippen LogP contribution in [0.5, 0.6) is 5.75 Å². The van der Waals surface area contributed by atoms with Crippen LogP contribution in [0.15, 0.2) is 46.9 Å². The van der Waals surface area contributed by atoms with Gasteiger partial charge in [-0.25, -0.2) is 0 Å². The van der Waals surface area contributed by atoms with Crippen molar-refractivity contribution in [2.45, 2.75) is 31.6 Å². The molecule has 1 amide bonds. The van der Waals surface area contributed by atoms with E-state index >= 15 is 0 Å². The number of hydrogen-bond donors (Lipinski definition) is 5. The number of benzene rings is 2. The van der Waals surface area contributed by atoms with Gasteiger partial charge in [0.05, 0.1) is 28.1 Å². The Bertz CT molecular complexity index is 1630. The number of Topliss-reactive ketones (excluding diaryl/α,β-unsaturated/α-hetero) is 2. The molecule has 3 unspecified atom stereocenters. The molecule has 0 bridgehead atoms. The Hall–Kier alpha value is -3.87. The van der Waals surface area contributed by atoms with E-state index in [1.807, 2.05) is 0 Å². The summed E-state index contributed by atoms with van der Waals surface area (Å²) in [5.41, 5.74) is 9.69. The highest BCUT2D eigenvalue weighted by Crippen LogP contribution is 2.52. The van der Waals surface area contributed by atoms with E-state index in [1.54, 1.807) is 19.0 Å². The van der Waals surface area contributed by atoms with E-state index < -0.39 is 80.9 Å². The molecule has 0 aromatic heterocycles. The van der Waals surface area contributed by atoms with Gasteiger partial charge in [0.2, 0.25) is 0 Å². The van der Waals surface area contributed by atoms with Gasteiger partial charge in [-0.05, 0) is 73.7 Å². The fourth-order valence-corrected chi connectivity index (χ4v) is 6.94. The zero-order valence-corrected chi connectivity index (χ0v) is 23.2. The summed E-state index contributed by atoms with van der Waals surface area (Å²) >= 11 is 5.83. The number of hydrogen-bond acceptors (Lipinski definition) is 8. The lowest BCUT2D eigenvalue weighted by Gasteiger charge is -2.46. The number of rotatable bonds is 4. The second kappa shape index (κ2) is 10.1. The first-order valence-electron chi connectivity index (χ1n) is 13.0. The number of primary amides is 1. The standard InChI is InChI=1S/C29H27ClF3N3O6/c1-36(2)22-15-6-11-5-14-13(10-3-4-17(30)16(8-10)29(31,32)33)7-12(9-34)23(37)19(14)24(38)18(11)25(39)20(15)26(40)21(27(22)41)28(35)42/h3-4,7-8,11,15,20,22,37,39,41H,5-6,9,34H2,1-2H3,(H2,35,42)/t11?,15?,20?,22-/m0/s1. The molecule has 2 aromatic rings. The summed E-state index contributed by atoms with van der Waals surface area (Å²) in [6.07, 6.45) is -4.67. The SMILES string of the molecule is CN(C)[C@@H]1C(O)=C(C(N)=O)C(=O)C2C(O)=C3C(=O)c4c(O)c(CN)cc(-c5ccc(Cl)c(C(F)(F)F)c5)c4CC3CC21. The molecule has 0 heterocycles. The normalized spacial score (nSPS) is 24.1. The number of nitrogens with two attached hydrogens (primary N) is 2. The van der Waals surface area contributed by atoms with Crippen molar-refractivity contribution in [1.82, 2.24) is 4.90 Å². The number of carbonyl (C=O) groups is 3. The second-order valence-electron chi connectivity index (χ2n) is 11.0. The minimum atomic E-state index is -4.76. The van der Waals surface area contributed by atoms with Crippen molar-refractivity contribution < 1.29 is 42.9 Å². The van der Waals surface area contributed by atoms with Crippen molar-refractivity contribution in [3.8, 4) is 16.9 Å². The highest BCUT2D eigenvalue weighted by molar-refractivity contribution is 6.31. The van der Waals surface area contributed by atoms with Crippen molar-refractivity contribution in [3.63, 3.8) is 0 Å². The highest BCUT2D eigenvalue weighted by Gasteiger charge is 2.54. The number of nitrogens with zero attached hydrogens (tertiary/aromatic N) is 1. The third kappa shape index (κ3) is 4.36. The first-order chi connectivity index (χ1) is 19.6. The summed E-state index contributed by atoms with van der Waals surface area (Å²) < 4.78 is 41.1. The minimum absolute atomic E-state index is 0.00288. The van der Waals surface area contributed by atoms with Gasteiger partial charge in [-0.3, -0.25) is 19.3 Å². The Morgan fingerprint density at radius 2 is 1.79 bits per heavy atom. The Morgan fingerprint density at radius 3 is 2.36 bits per heavy atom. The van der Waals surface area contributed by atoms with Crippen molar-refractivity contribution in [1.29, 1.82) is 0 Å². The molecule has 0 saturated carbocycles. The van der Waals surface area contributed by atoms with Gasteiger partial charge in [0.15, 0.2) is 11.6 Å². The Morgan fingerprint density at radius 1 is 1.12 bits per heavy atom. The summed E-state index contributed by atoms with van der Waals surface area (Å²) in [5.74, 6) is -7.41. The largest absolute Gasteiger partial charge is 0.511 e. The summed E-state index contributed by atoms with van der Waals surface area (Å²) in [5, 5.41) is 32.8. The molecule has 0 radical (unpaired) electrons. The van der Waals surface area contributed by atoms with Gasteiger partial charge in [-0.1, -0.05) is 17.7 Å². The smallest absolute Gasteiger partial charge is 0.417 e. The Labute approximate surface area is 242 Å². The van der Waals surface area contributed by atoms with Crippen LogP contribution < -0.4 is 11.5 Å². The molecule has 3 aliphatic rings. The summed E-state index contributed by atoms with van der Waals surface area (Å²) in [6.45, 7) is -0.257. The van der Waals surface area contributed by atoms with E-state index in [0.29, 0.717) is 0 Å². The van der Waals surface area contributed by atoms with Gasteiger partial charge < -0.3 is 26.8 Å². The van der Waals surface area contributed by atoms with Gasteiger partial charge in [0.1, 0.15) is 22.8 Å². The van der Waals surface area contributed by atoms with Crippen LogP contribution in [-0.4, -0.2) is 57.8 Å². The number of amides is 1. The zero-order valence-electron chi connectivity index (χ0n) is 22.4. The maximum absolute atomic E-state index is 14.0. The molecule has 222 valence electrons. The molecule has 13 heteroatoms. The van der Waals surface area contributed by atoms with Gasteiger partial charge in [0, 0.05) is 17.7 Å². The number of allylic oxidation sites excluding steroid dienone is 2. The van der Waals surface area contributed by atoms with Crippen LogP contribution in [0.2, 0.25) is 5.02 Å². The lowest BCUT2D eigenvalue weighted by Crippen LogP contribution is -2.53. The van der Waals surface area contributed by atoms with E-state index in [2.05, 4.69) is 0 Å². The number of likely N-dealkylation sites (N-methyl/N-ethyl adjacent to an activating group) is 1. The van der Waals surface area contributed by atoms with E-state index in [-0.39, 0.29) is 52.8 Å². The van der Waals surface area contributed by atoms with E-state index in [4.69, 9.17) is 23.1 Å². The fourth-order valence-electron chi connectivity index (χ4n) is 6.72. The van der Waals surface area contributed by atoms with E-state index in [0.717, 1.165) is 12.1 Å². The highest BCUT2D eigenvalue weighted by atomic mass is 35.5. The predicted molar refractivity (Wildman–Crippen MR) is 146 cm³/mol. The van der Waals surface area contributed by atoms with Crippen LogP contribution in [0.3, 0.4) is 0 Å². The third-order valence-corrected chi connectivity index (χ3v) is 8.78. The molecule has 7 N–H and O–H groups in total. The molecule has 5 rings (SSSR count). The van der Waals surface area contributed by atoms with E-state index in [1.165, 1.54) is 12.1 Å². The van der Waals surface area contributed by atoms with Crippen molar-refractivity contribution in [2.24, 2.45) is 29.2 Å². The first-order valence-corrected chi connectivity index (χ1v) is 13.3. The van der Waals surface area contributed by atoms with E-state index in [9.17, 15) is 42.9 Å². The van der Waals surface area contributed by atoms with Gasteiger partial charge in [-0.2, -0.15) is 13.2 Å². The Balaban J connectivity index is 1.73. The molecule has 2 aromatic carbocycles. The quantitative estimate of drug-likeness (QED) is 0.328. The number of carbonyl (C=O) groups excluding carboxylic acids is 3. The maximum atomic E-state index is 14.0. The predicted octanol–water partition coefficient (Wildman–Crippen LogP) is 3.80. The van der Waals surface area contributed by atoms with Gasteiger partial charge in [0.25, 0.3) is 5.91 Å². The van der Waals surface area contributed by atoms with Crippen molar-refractivity contribution >= 4 is 29.1 Å². The first kappa shape index (κ1) is 29.6. The molecular weight excluding hydrogens is 579 g/mol. The molecule has 9 nitrogen and oxygen atoms in total. The molecule has 3 aliphatic carbocycles. The molecule has 4 atom stereocenters. The Kier molecular flexibility index (Phi) is 7.15. The molecule has 0 fully saturated rings. The maximum Gasteiger partial charge on any atom is 0.417 e. The zero-order chi connectivity index (χ0) is 31.0. The van der Waals surface area contributed by atoms with Crippen LogP contribution in [0.1, 0.15) is 33.5 Å². The van der Waals surface area contributed by atoms with Crippen LogP contribution >= 0.6 is 11.6 Å². The number of aliphatic hydroxyl groups excluding tert-OH is 2. The molecule has 0 aliphatic heterocycles. The number of alkyl halides is 3. The molecule has 0 spiro atoms. The number of aromatic hydroxyl groups is 1. The number of halogens is 4.